The van der Waals surface area contributed by atoms with Gasteiger partial charge >= 0.3 is 0 Å². The van der Waals surface area contributed by atoms with Crippen molar-refractivity contribution in [3.05, 3.63) is 29.8 Å². The quantitative estimate of drug-likeness (QED) is 0.892. The molecule has 112 valence electrons. The molecular weight excluding hydrogens is 274 g/mol. The summed E-state index contributed by atoms with van der Waals surface area (Å²) in [5.74, 6) is 0. The Labute approximate surface area is 121 Å². The molecule has 0 saturated heterocycles. The van der Waals surface area contributed by atoms with Crippen molar-refractivity contribution in [1.29, 1.82) is 0 Å². The van der Waals surface area contributed by atoms with Crippen LogP contribution in [0.25, 0.3) is 0 Å². The molecule has 0 heterocycles. The van der Waals surface area contributed by atoms with Gasteiger partial charge in [-0.3, -0.25) is 0 Å². The van der Waals surface area contributed by atoms with E-state index in [1.807, 2.05) is 19.1 Å². The molecule has 5 heteroatoms. The molecule has 1 aliphatic carbocycles. The third kappa shape index (κ3) is 3.81. The minimum atomic E-state index is -3.14. The van der Waals surface area contributed by atoms with E-state index < -0.39 is 9.84 Å². The number of hydrogen-bond donors (Lipinski definition) is 2. The lowest BCUT2D eigenvalue weighted by Crippen LogP contribution is -2.43. The van der Waals surface area contributed by atoms with E-state index in [1.165, 1.54) is 6.26 Å². The van der Waals surface area contributed by atoms with Crippen LogP contribution in [0.5, 0.6) is 0 Å². The minimum absolute atomic E-state index is 0.0985. The monoisotopic (exact) mass is 297 g/mol. The summed E-state index contributed by atoms with van der Waals surface area (Å²) in [7, 11) is -3.14. The van der Waals surface area contributed by atoms with Crippen LogP contribution in [0.1, 0.15) is 44.2 Å². The summed E-state index contributed by atoms with van der Waals surface area (Å²) in [4.78, 5) is 0.339. The normalized spacial score (nSPS) is 25.4. The first-order valence-electron chi connectivity index (χ1n) is 7.12. The Hall–Kier alpha value is -0.910. The summed E-state index contributed by atoms with van der Waals surface area (Å²) < 4.78 is 22.9. The molecule has 3 atom stereocenters. The number of aliphatic hydroxyl groups is 1. The van der Waals surface area contributed by atoms with Crippen LogP contribution >= 0.6 is 0 Å². The van der Waals surface area contributed by atoms with E-state index in [0.29, 0.717) is 4.90 Å². The second kappa shape index (κ2) is 6.24. The zero-order valence-corrected chi connectivity index (χ0v) is 12.9. The van der Waals surface area contributed by atoms with Crippen LogP contribution < -0.4 is 5.32 Å². The predicted molar refractivity (Wildman–Crippen MR) is 79.4 cm³/mol. The van der Waals surface area contributed by atoms with Crippen LogP contribution in [0, 0.1) is 0 Å². The van der Waals surface area contributed by atoms with E-state index in [-0.39, 0.29) is 18.2 Å². The molecule has 3 unspecified atom stereocenters. The van der Waals surface area contributed by atoms with Gasteiger partial charge in [-0.05, 0) is 37.5 Å². The minimum Gasteiger partial charge on any atom is -0.392 e. The number of nitrogens with one attached hydrogen (secondary N) is 1. The lowest BCUT2D eigenvalue weighted by Gasteiger charge is -2.31. The zero-order chi connectivity index (χ0) is 14.8. The topological polar surface area (TPSA) is 66.4 Å². The maximum Gasteiger partial charge on any atom is 0.175 e. The van der Waals surface area contributed by atoms with Gasteiger partial charge < -0.3 is 10.4 Å². The zero-order valence-electron chi connectivity index (χ0n) is 12.0. The second-order valence-corrected chi connectivity index (χ2v) is 7.70. The first-order valence-corrected chi connectivity index (χ1v) is 9.01. The Morgan fingerprint density at radius 2 is 1.80 bits per heavy atom. The van der Waals surface area contributed by atoms with Gasteiger partial charge in [0.1, 0.15) is 0 Å². The molecule has 0 amide bonds. The van der Waals surface area contributed by atoms with Crippen molar-refractivity contribution in [2.24, 2.45) is 0 Å². The van der Waals surface area contributed by atoms with E-state index in [0.717, 1.165) is 31.2 Å². The summed E-state index contributed by atoms with van der Waals surface area (Å²) in [5, 5.41) is 13.4. The SMILES string of the molecule is CC(NC1CCCCC1O)c1ccc(S(C)(=O)=O)cc1. The fourth-order valence-corrected chi connectivity index (χ4v) is 3.36. The van der Waals surface area contributed by atoms with Crippen LogP contribution in [0.15, 0.2) is 29.2 Å². The van der Waals surface area contributed by atoms with Gasteiger partial charge in [-0.15, -0.1) is 0 Å². The molecule has 2 rings (SSSR count). The lowest BCUT2D eigenvalue weighted by molar-refractivity contribution is 0.0860. The standard InChI is InChI=1S/C15H23NO3S/c1-11(16-14-5-3-4-6-15(14)17)12-7-9-13(10-8-12)20(2,18)19/h7-11,14-17H,3-6H2,1-2H3. The Morgan fingerprint density at radius 3 is 2.35 bits per heavy atom. The van der Waals surface area contributed by atoms with Gasteiger partial charge in [-0.25, -0.2) is 8.42 Å². The Kier molecular flexibility index (Phi) is 4.83. The summed E-state index contributed by atoms with van der Waals surface area (Å²) in [6.07, 6.45) is 5.03. The molecule has 2 N–H and O–H groups in total. The molecule has 0 bridgehead atoms. The van der Waals surface area contributed by atoms with Crippen molar-refractivity contribution < 1.29 is 13.5 Å². The smallest absolute Gasteiger partial charge is 0.175 e. The average Bonchev–Trinajstić information content (AvgIpc) is 2.40. The van der Waals surface area contributed by atoms with E-state index in [4.69, 9.17) is 0 Å². The largest absolute Gasteiger partial charge is 0.392 e. The Bertz CT molecular complexity index is 539. The molecule has 0 aliphatic heterocycles. The van der Waals surface area contributed by atoms with Gasteiger partial charge in [-0.2, -0.15) is 0 Å². The number of sulfone groups is 1. The van der Waals surface area contributed by atoms with Gasteiger partial charge in [-0.1, -0.05) is 25.0 Å². The molecule has 20 heavy (non-hydrogen) atoms. The summed E-state index contributed by atoms with van der Waals surface area (Å²) >= 11 is 0. The molecule has 0 aromatic heterocycles. The molecule has 1 aliphatic rings. The second-order valence-electron chi connectivity index (χ2n) is 5.69. The Morgan fingerprint density at radius 1 is 1.20 bits per heavy atom. The highest BCUT2D eigenvalue weighted by molar-refractivity contribution is 7.90. The highest BCUT2D eigenvalue weighted by Gasteiger charge is 2.24. The fraction of sp³-hybridized carbons (Fsp3) is 0.600. The molecule has 0 spiro atoms. The van der Waals surface area contributed by atoms with E-state index in [2.05, 4.69) is 5.32 Å². The number of hydrogen-bond acceptors (Lipinski definition) is 4. The van der Waals surface area contributed by atoms with Crippen LogP contribution in [0.2, 0.25) is 0 Å². The van der Waals surface area contributed by atoms with Crippen molar-refractivity contribution in [3.8, 4) is 0 Å². The van der Waals surface area contributed by atoms with Gasteiger partial charge in [0.05, 0.1) is 11.0 Å². The summed E-state index contributed by atoms with van der Waals surface area (Å²) in [6.45, 7) is 2.04. The molecule has 1 aromatic carbocycles. The van der Waals surface area contributed by atoms with Crippen LogP contribution in [0.4, 0.5) is 0 Å². The predicted octanol–water partition coefficient (Wildman–Crippen LogP) is 2.04. The van der Waals surface area contributed by atoms with Crippen LogP contribution in [-0.4, -0.2) is 31.9 Å². The lowest BCUT2D eigenvalue weighted by atomic mass is 9.91. The van der Waals surface area contributed by atoms with Crippen molar-refractivity contribution >= 4 is 9.84 Å². The van der Waals surface area contributed by atoms with Gasteiger partial charge in [0.15, 0.2) is 9.84 Å². The maximum atomic E-state index is 11.4. The van der Waals surface area contributed by atoms with Crippen molar-refractivity contribution in [1.82, 2.24) is 5.32 Å². The molecule has 1 aromatic rings. The highest BCUT2D eigenvalue weighted by atomic mass is 32.2. The van der Waals surface area contributed by atoms with E-state index in [1.54, 1.807) is 12.1 Å². The average molecular weight is 297 g/mol. The first kappa shape index (κ1) is 15.5. The Balaban J connectivity index is 2.03. The summed E-state index contributed by atoms with van der Waals surface area (Å²) in [5.41, 5.74) is 1.04. The summed E-state index contributed by atoms with van der Waals surface area (Å²) in [6, 6.07) is 7.18. The van der Waals surface area contributed by atoms with Crippen LogP contribution in [-0.2, 0) is 9.84 Å². The number of rotatable bonds is 4. The van der Waals surface area contributed by atoms with Gasteiger partial charge in [0.25, 0.3) is 0 Å². The number of benzene rings is 1. The molecular formula is C15H23NO3S. The van der Waals surface area contributed by atoms with Crippen molar-refractivity contribution in [2.45, 2.75) is 55.7 Å². The molecule has 1 fully saturated rings. The first-order chi connectivity index (χ1) is 9.38. The number of aliphatic hydroxyl groups excluding tert-OH is 1. The maximum absolute atomic E-state index is 11.4. The highest BCUT2D eigenvalue weighted by Crippen LogP contribution is 2.22. The van der Waals surface area contributed by atoms with Gasteiger partial charge in [0.2, 0.25) is 0 Å². The molecule has 1 saturated carbocycles. The van der Waals surface area contributed by atoms with Gasteiger partial charge in [0, 0.05) is 18.3 Å². The third-order valence-electron chi connectivity index (χ3n) is 4.00. The van der Waals surface area contributed by atoms with Crippen LogP contribution in [0.3, 0.4) is 0 Å². The molecule has 4 nitrogen and oxygen atoms in total. The fourth-order valence-electron chi connectivity index (χ4n) is 2.73. The van der Waals surface area contributed by atoms with E-state index in [9.17, 15) is 13.5 Å². The van der Waals surface area contributed by atoms with Crippen molar-refractivity contribution in [3.63, 3.8) is 0 Å². The molecule has 0 radical (unpaired) electrons. The van der Waals surface area contributed by atoms with E-state index >= 15 is 0 Å². The van der Waals surface area contributed by atoms with Crippen molar-refractivity contribution in [2.75, 3.05) is 6.26 Å². The third-order valence-corrected chi connectivity index (χ3v) is 5.13.